The number of nitrogens with one attached hydrogen (secondary N) is 1. The van der Waals surface area contributed by atoms with Gasteiger partial charge in [-0.05, 0) is 30.0 Å². The minimum Gasteiger partial charge on any atom is -0.273 e. The molecule has 5 nitrogen and oxygen atoms in total. The van der Waals surface area contributed by atoms with Gasteiger partial charge in [0.25, 0.3) is 0 Å². The van der Waals surface area contributed by atoms with Crippen molar-refractivity contribution in [3.63, 3.8) is 0 Å². The van der Waals surface area contributed by atoms with Crippen LogP contribution in [0.4, 0.5) is 13.2 Å². The van der Waals surface area contributed by atoms with E-state index in [0.717, 1.165) is 23.9 Å². The topological polar surface area (TPSA) is 74.5 Å². The maximum Gasteiger partial charge on any atom is 0.417 e. The molecule has 0 fully saturated rings. The van der Waals surface area contributed by atoms with Gasteiger partial charge in [0.2, 0.25) is 0 Å². The Morgan fingerprint density at radius 2 is 2.15 bits per heavy atom. The first-order chi connectivity index (χ1) is 9.32. The Morgan fingerprint density at radius 3 is 2.65 bits per heavy atom. The Morgan fingerprint density at radius 1 is 1.45 bits per heavy atom. The number of halogens is 3. The summed E-state index contributed by atoms with van der Waals surface area (Å²) >= 11 is 0.896. The SMILES string of the molecule is Cn1c(Sc2ccc(C#N)c(C(F)(F)F)c2)n[nH]c1=O. The zero-order valence-electron chi connectivity index (χ0n) is 10.0. The molecule has 0 amide bonds. The number of hydrogen-bond donors (Lipinski definition) is 1. The van der Waals surface area contributed by atoms with E-state index in [0.29, 0.717) is 0 Å². The lowest BCUT2D eigenvalue weighted by molar-refractivity contribution is -0.137. The number of rotatable bonds is 2. The van der Waals surface area contributed by atoms with Gasteiger partial charge in [-0.1, -0.05) is 0 Å². The average Bonchev–Trinajstić information content (AvgIpc) is 2.70. The normalized spacial score (nSPS) is 11.3. The Hall–Kier alpha value is -2.21. The molecule has 1 aromatic carbocycles. The fourth-order valence-corrected chi connectivity index (χ4v) is 2.28. The molecule has 2 aromatic rings. The van der Waals surface area contributed by atoms with Crippen molar-refractivity contribution in [2.75, 3.05) is 0 Å². The molecule has 0 spiro atoms. The third-order valence-electron chi connectivity index (χ3n) is 2.46. The maximum atomic E-state index is 12.8. The number of aromatic amines is 1. The van der Waals surface area contributed by atoms with Crippen LogP contribution < -0.4 is 5.69 Å². The summed E-state index contributed by atoms with van der Waals surface area (Å²) in [4.78, 5) is 11.4. The van der Waals surface area contributed by atoms with Crippen molar-refractivity contribution in [1.29, 1.82) is 5.26 Å². The van der Waals surface area contributed by atoms with Crippen molar-refractivity contribution < 1.29 is 13.2 Å². The highest BCUT2D eigenvalue weighted by Crippen LogP contribution is 2.35. The smallest absolute Gasteiger partial charge is 0.273 e. The highest BCUT2D eigenvalue weighted by Gasteiger charge is 2.34. The molecular formula is C11H7F3N4OS. The molecule has 0 aliphatic carbocycles. The summed E-state index contributed by atoms with van der Waals surface area (Å²) in [5.74, 6) is 0. The third kappa shape index (κ3) is 2.70. The van der Waals surface area contributed by atoms with Gasteiger partial charge in [0.1, 0.15) is 0 Å². The van der Waals surface area contributed by atoms with Crippen molar-refractivity contribution in [3.8, 4) is 6.07 Å². The van der Waals surface area contributed by atoms with Gasteiger partial charge < -0.3 is 0 Å². The average molecular weight is 300 g/mol. The Bertz CT molecular complexity index is 741. The quantitative estimate of drug-likeness (QED) is 0.922. The van der Waals surface area contributed by atoms with Gasteiger partial charge in [-0.2, -0.15) is 18.4 Å². The van der Waals surface area contributed by atoms with Gasteiger partial charge in [-0.25, -0.2) is 9.89 Å². The van der Waals surface area contributed by atoms with Crippen LogP contribution in [-0.4, -0.2) is 14.8 Å². The van der Waals surface area contributed by atoms with E-state index in [1.54, 1.807) is 0 Å². The zero-order valence-corrected chi connectivity index (χ0v) is 10.8. The number of hydrogen-bond acceptors (Lipinski definition) is 4. The Kier molecular flexibility index (Phi) is 3.59. The van der Waals surface area contributed by atoms with Crippen LogP contribution in [0.25, 0.3) is 0 Å². The van der Waals surface area contributed by atoms with E-state index in [1.165, 1.54) is 23.8 Å². The third-order valence-corrected chi connectivity index (χ3v) is 3.50. The molecule has 1 N–H and O–H groups in total. The molecule has 0 aliphatic rings. The summed E-state index contributed by atoms with van der Waals surface area (Å²) in [7, 11) is 1.45. The zero-order chi connectivity index (χ0) is 14.9. The number of aromatic nitrogens is 3. The highest BCUT2D eigenvalue weighted by atomic mass is 32.2. The molecule has 0 radical (unpaired) electrons. The predicted octanol–water partition coefficient (Wildman–Crippen LogP) is 2.15. The minimum absolute atomic E-state index is 0.229. The van der Waals surface area contributed by atoms with Gasteiger partial charge in [0.15, 0.2) is 5.16 Å². The van der Waals surface area contributed by atoms with Crippen LogP contribution in [0.2, 0.25) is 0 Å². The summed E-state index contributed by atoms with van der Waals surface area (Å²) in [5, 5.41) is 14.8. The monoisotopic (exact) mass is 300 g/mol. The van der Waals surface area contributed by atoms with E-state index in [2.05, 4.69) is 10.2 Å². The summed E-state index contributed by atoms with van der Waals surface area (Å²) in [6, 6.07) is 4.83. The molecule has 0 aliphatic heterocycles. The summed E-state index contributed by atoms with van der Waals surface area (Å²) in [6.45, 7) is 0. The van der Waals surface area contributed by atoms with Crippen LogP contribution in [-0.2, 0) is 13.2 Å². The van der Waals surface area contributed by atoms with Gasteiger partial charge in [-0.15, -0.1) is 5.10 Å². The van der Waals surface area contributed by atoms with Crippen LogP contribution >= 0.6 is 11.8 Å². The van der Waals surface area contributed by atoms with Gasteiger partial charge in [-0.3, -0.25) is 4.57 Å². The van der Waals surface area contributed by atoms with Crippen LogP contribution in [0.5, 0.6) is 0 Å². The second-order valence-electron chi connectivity index (χ2n) is 3.79. The molecule has 0 atom stereocenters. The largest absolute Gasteiger partial charge is 0.417 e. The number of nitriles is 1. The number of alkyl halides is 3. The predicted molar refractivity (Wildman–Crippen MR) is 64.1 cm³/mol. The molecule has 1 heterocycles. The second-order valence-corrected chi connectivity index (χ2v) is 4.83. The van der Waals surface area contributed by atoms with E-state index in [9.17, 15) is 18.0 Å². The van der Waals surface area contributed by atoms with Crippen LogP contribution in [0, 0.1) is 11.3 Å². The second kappa shape index (κ2) is 5.05. The molecule has 0 unspecified atom stereocenters. The lowest BCUT2D eigenvalue weighted by Gasteiger charge is -2.10. The first-order valence-corrected chi connectivity index (χ1v) is 6.05. The number of nitrogens with zero attached hydrogens (tertiary/aromatic N) is 3. The van der Waals surface area contributed by atoms with E-state index < -0.39 is 23.0 Å². The van der Waals surface area contributed by atoms with Gasteiger partial charge >= 0.3 is 11.9 Å². The molecule has 2 rings (SSSR count). The Balaban J connectivity index is 2.42. The molecule has 1 aromatic heterocycles. The van der Waals surface area contributed by atoms with E-state index >= 15 is 0 Å². The lowest BCUT2D eigenvalue weighted by atomic mass is 10.1. The standard InChI is InChI=1S/C11H7F3N4OS/c1-18-9(19)16-17-10(18)20-7-3-2-6(5-15)8(4-7)11(12,13)14/h2-4H,1H3,(H,16,19). The van der Waals surface area contributed by atoms with Crippen molar-refractivity contribution in [3.05, 3.63) is 39.8 Å². The molecule has 0 bridgehead atoms. The van der Waals surface area contributed by atoms with Crippen molar-refractivity contribution in [2.24, 2.45) is 7.05 Å². The molecular weight excluding hydrogens is 293 g/mol. The fourth-order valence-electron chi connectivity index (χ4n) is 1.45. The Labute approximate surface area is 115 Å². The molecule has 0 saturated carbocycles. The molecule has 0 saturated heterocycles. The maximum absolute atomic E-state index is 12.8. The molecule has 20 heavy (non-hydrogen) atoms. The first kappa shape index (κ1) is 14.2. The molecule has 104 valence electrons. The van der Waals surface area contributed by atoms with Gasteiger partial charge in [0.05, 0.1) is 17.2 Å². The van der Waals surface area contributed by atoms with Crippen molar-refractivity contribution in [2.45, 2.75) is 16.2 Å². The highest BCUT2D eigenvalue weighted by molar-refractivity contribution is 7.99. The van der Waals surface area contributed by atoms with Gasteiger partial charge in [0, 0.05) is 11.9 Å². The fraction of sp³-hybridized carbons (Fsp3) is 0.182. The van der Waals surface area contributed by atoms with Crippen molar-refractivity contribution >= 4 is 11.8 Å². The van der Waals surface area contributed by atoms with E-state index in [1.807, 2.05) is 0 Å². The van der Waals surface area contributed by atoms with E-state index in [-0.39, 0.29) is 10.1 Å². The van der Waals surface area contributed by atoms with Crippen molar-refractivity contribution in [1.82, 2.24) is 14.8 Å². The number of benzene rings is 1. The molecule has 9 heteroatoms. The first-order valence-electron chi connectivity index (χ1n) is 5.23. The van der Waals surface area contributed by atoms with Crippen LogP contribution in [0.1, 0.15) is 11.1 Å². The van der Waals surface area contributed by atoms with Crippen LogP contribution in [0.15, 0.2) is 33.0 Å². The summed E-state index contributed by atoms with van der Waals surface area (Å²) < 4.78 is 39.6. The summed E-state index contributed by atoms with van der Waals surface area (Å²) in [5.41, 5.74) is -1.92. The number of H-pyrrole nitrogens is 1. The lowest BCUT2D eigenvalue weighted by Crippen LogP contribution is -2.12. The van der Waals surface area contributed by atoms with E-state index in [4.69, 9.17) is 5.26 Å². The minimum atomic E-state index is -4.61. The summed E-state index contributed by atoms with van der Waals surface area (Å²) in [6.07, 6.45) is -4.61. The van der Waals surface area contributed by atoms with Crippen LogP contribution in [0.3, 0.4) is 0 Å².